The Morgan fingerprint density at radius 1 is 1.10 bits per heavy atom. The van der Waals surface area contributed by atoms with Gasteiger partial charge in [0.05, 0.1) is 12.8 Å². The Hall–Kier alpha value is -3.00. The van der Waals surface area contributed by atoms with Gasteiger partial charge in [0.15, 0.2) is 16.6 Å². The van der Waals surface area contributed by atoms with Crippen molar-refractivity contribution >= 4 is 35.0 Å². The van der Waals surface area contributed by atoms with Crippen LogP contribution in [-0.4, -0.2) is 24.7 Å². The number of anilines is 1. The lowest BCUT2D eigenvalue weighted by Gasteiger charge is -2.15. The highest BCUT2D eigenvalue weighted by Crippen LogP contribution is 2.31. The minimum absolute atomic E-state index is 0.0854. The van der Waals surface area contributed by atoms with Crippen LogP contribution >= 0.6 is 12.2 Å². The molecule has 29 heavy (non-hydrogen) atoms. The first-order valence-electron chi connectivity index (χ1n) is 8.90. The average Bonchev–Trinajstić information content (AvgIpc) is 2.95. The van der Waals surface area contributed by atoms with E-state index in [-0.39, 0.29) is 28.2 Å². The molecule has 0 saturated carbocycles. The molecule has 5 nitrogen and oxygen atoms in total. The maximum absolute atomic E-state index is 12.9. The number of halogens is 2. The van der Waals surface area contributed by atoms with Gasteiger partial charge in [-0.15, -0.1) is 0 Å². The summed E-state index contributed by atoms with van der Waals surface area (Å²) in [6, 6.07) is 12.0. The number of methoxy groups -OCH3 is 1. The zero-order valence-electron chi connectivity index (χ0n) is 16.1. The second kappa shape index (κ2) is 8.57. The Bertz CT molecular complexity index is 959. The van der Waals surface area contributed by atoms with E-state index in [0.717, 1.165) is 5.56 Å². The molecule has 1 heterocycles. The predicted octanol–water partition coefficient (Wildman–Crippen LogP) is 4.68. The molecule has 0 unspecified atom stereocenters. The Morgan fingerprint density at radius 2 is 1.79 bits per heavy atom. The fourth-order valence-electron chi connectivity index (χ4n) is 2.91. The Labute approximate surface area is 172 Å². The van der Waals surface area contributed by atoms with Gasteiger partial charge < -0.3 is 14.8 Å². The Kier molecular flexibility index (Phi) is 6.12. The molecule has 8 heteroatoms. The zero-order chi connectivity index (χ0) is 21.1. The van der Waals surface area contributed by atoms with Gasteiger partial charge in [0.1, 0.15) is 5.70 Å². The van der Waals surface area contributed by atoms with Gasteiger partial charge in [0.2, 0.25) is 0 Å². The number of amides is 1. The number of thiocarbonyl (C=S) groups is 1. The summed E-state index contributed by atoms with van der Waals surface area (Å²) in [6.07, 6.45) is 1.58. The number of hydrogen-bond acceptors (Lipinski definition) is 4. The number of ether oxygens (including phenoxy) is 2. The average molecular weight is 418 g/mol. The normalized spacial score (nSPS) is 15.4. The van der Waals surface area contributed by atoms with Crippen molar-refractivity contribution in [3.05, 3.63) is 59.3 Å². The SMILES string of the molecule is COc1cc(/C=C2\NC(=S)N(c3ccc(C(C)C)cc3)C2=O)ccc1OC(F)F. The van der Waals surface area contributed by atoms with E-state index in [1.54, 1.807) is 12.1 Å². The molecule has 0 aromatic heterocycles. The van der Waals surface area contributed by atoms with Crippen LogP contribution in [0.4, 0.5) is 14.5 Å². The lowest BCUT2D eigenvalue weighted by Crippen LogP contribution is -2.30. The predicted molar refractivity (Wildman–Crippen MR) is 111 cm³/mol. The van der Waals surface area contributed by atoms with E-state index >= 15 is 0 Å². The molecule has 2 aromatic carbocycles. The summed E-state index contributed by atoms with van der Waals surface area (Å²) in [6.45, 7) is 1.23. The van der Waals surface area contributed by atoms with Crippen LogP contribution in [0.25, 0.3) is 6.08 Å². The molecule has 1 saturated heterocycles. The first-order valence-corrected chi connectivity index (χ1v) is 9.31. The molecular weight excluding hydrogens is 398 g/mol. The van der Waals surface area contributed by atoms with Gasteiger partial charge >= 0.3 is 6.61 Å². The van der Waals surface area contributed by atoms with Crippen LogP contribution in [-0.2, 0) is 4.79 Å². The molecule has 1 fully saturated rings. The molecule has 0 atom stereocenters. The molecule has 1 aliphatic heterocycles. The highest BCUT2D eigenvalue weighted by Gasteiger charge is 2.32. The van der Waals surface area contributed by atoms with Crippen molar-refractivity contribution < 1.29 is 23.0 Å². The first kappa shape index (κ1) is 20.7. The number of hydrogen-bond donors (Lipinski definition) is 1. The van der Waals surface area contributed by atoms with Gasteiger partial charge in [-0.3, -0.25) is 9.69 Å². The summed E-state index contributed by atoms with van der Waals surface area (Å²) >= 11 is 5.32. The van der Waals surface area contributed by atoms with Crippen molar-refractivity contribution in [2.24, 2.45) is 0 Å². The van der Waals surface area contributed by atoms with Crippen LogP contribution in [0.2, 0.25) is 0 Å². The largest absolute Gasteiger partial charge is 0.493 e. The quantitative estimate of drug-likeness (QED) is 0.545. The van der Waals surface area contributed by atoms with Crippen LogP contribution in [0.1, 0.15) is 30.9 Å². The van der Waals surface area contributed by atoms with Crippen LogP contribution in [0.5, 0.6) is 11.5 Å². The molecule has 1 amide bonds. The van der Waals surface area contributed by atoms with Crippen molar-refractivity contribution in [3.8, 4) is 11.5 Å². The fourth-order valence-corrected chi connectivity index (χ4v) is 3.21. The minimum atomic E-state index is -2.96. The van der Waals surface area contributed by atoms with Gasteiger partial charge in [0.25, 0.3) is 5.91 Å². The molecule has 2 aromatic rings. The third-order valence-corrected chi connectivity index (χ3v) is 4.70. The Balaban J connectivity index is 1.86. The summed E-state index contributed by atoms with van der Waals surface area (Å²) in [5.41, 5.74) is 2.67. The van der Waals surface area contributed by atoms with Crippen molar-refractivity contribution in [2.75, 3.05) is 12.0 Å². The molecular formula is C21H20F2N2O3S. The zero-order valence-corrected chi connectivity index (χ0v) is 16.9. The van der Waals surface area contributed by atoms with Gasteiger partial charge in [0, 0.05) is 0 Å². The Morgan fingerprint density at radius 3 is 2.38 bits per heavy atom. The summed E-state index contributed by atoms with van der Waals surface area (Å²) in [7, 11) is 1.35. The van der Waals surface area contributed by atoms with Gasteiger partial charge in [-0.2, -0.15) is 8.78 Å². The molecule has 0 bridgehead atoms. The van der Waals surface area contributed by atoms with Gasteiger partial charge in [-0.1, -0.05) is 32.0 Å². The van der Waals surface area contributed by atoms with Crippen LogP contribution in [0.15, 0.2) is 48.2 Å². The lowest BCUT2D eigenvalue weighted by molar-refractivity contribution is -0.113. The number of carbonyl (C=O) groups is 1. The summed E-state index contributed by atoms with van der Waals surface area (Å²) in [4.78, 5) is 14.3. The standard InChI is InChI=1S/C21H20F2N2O3S/c1-12(2)14-5-7-15(8-6-14)25-19(26)16(24-21(25)29)10-13-4-9-17(28-20(22)23)18(11-13)27-3/h4-12,20H,1-3H3,(H,24,29)/b16-10-. The minimum Gasteiger partial charge on any atom is -0.493 e. The van der Waals surface area contributed by atoms with Crippen LogP contribution in [0.3, 0.4) is 0 Å². The van der Waals surface area contributed by atoms with E-state index in [1.165, 1.54) is 24.1 Å². The van der Waals surface area contributed by atoms with E-state index < -0.39 is 6.61 Å². The van der Waals surface area contributed by atoms with E-state index in [9.17, 15) is 13.6 Å². The van der Waals surface area contributed by atoms with Gasteiger partial charge in [-0.05, 0) is 59.6 Å². The first-order chi connectivity index (χ1) is 13.8. The maximum atomic E-state index is 12.9. The van der Waals surface area contributed by atoms with E-state index in [0.29, 0.717) is 17.2 Å². The second-order valence-electron chi connectivity index (χ2n) is 6.66. The summed E-state index contributed by atoms with van der Waals surface area (Å²) < 4.78 is 34.4. The third kappa shape index (κ3) is 4.54. The van der Waals surface area contributed by atoms with E-state index in [1.807, 2.05) is 24.3 Å². The van der Waals surface area contributed by atoms with Crippen molar-refractivity contribution in [2.45, 2.75) is 26.4 Å². The molecule has 0 radical (unpaired) electrons. The molecule has 3 rings (SSSR count). The smallest absolute Gasteiger partial charge is 0.387 e. The van der Waals surface area contributed by atoms with Gasteiger partial charge in [-0.25, -0.2) is 0 Å². The number of nitrogens with zero attached hydrogens (tertiary/aromatic N) is 1. The number of rotatable bonds is 6. The van der Waals surface area contributed by atoms with Crippen LogP contribution in [0, 0.1) is 0 Å². The molecule has 1 aliphatic rings. The van der Waals surface area contributed by atoms with Crippen molar-refractivity contribution in [1.29, 1.82) is 0 Å². The van der Waals surface area contributed by atoms with Crippen LogP contribution < -0.4 is 19.7 Å². The van der Waals surface area contributed by atoms with E-state index in [4.69, 9.17) is 17.0 Å². The highest BCUT2D eigenvalue weighted by molar-refractivity contribution is 7.80. The highest BCUT2D eigenvalue weighted by atomic mass is 32.1. The monoisotopic (exact) mass is 418 g/mol. The third-order valence-electron chi connectivity index (χ3n) is 4.41. The number of benzene rings is 2. The topological polar surface area (TPSA) is 50.8 Å². The van der Waals surface area contributed by atoms with Crippen molar-refractivity contribution in [1.82, 2.24) is 5.32 Å². The summed E-state index contributed by atoms with van der Waals surface area (Å²) in [5, 5.41) is 3.17. The second-order valence-corrected chi connectivity index (χ2v) is 7.05. The molecule has 1 N–H and O–H groups in total. The number of carbonyl (C=O) groups excluding carboxylic acids is 1. The molecule has 0 spiro atoms. The molecule has 0 aliphatic carbocycles. The number of alkyl halides is 2. The van der Waals surface area contributed by atoms with Crippen molar-refractivity contribution in [3.63, 3.8) is 0 Å². The maximum Gasteiger partial charge on any atom is 0.387 e. The molecule has 152 valence electrons. The van der Waals surface area contributed by atoms with E-state index in [2.05, 4.69) is 23.9 Å². The summed E-state index contributed by atoms with van der Waals surface area (Å²) in [5.74, 6) is 0.122. The lowest BCUT2D eigenvalue weighted by atomic mass is 10.0. The fraction of sp³-hybridized carbons (Fsp3) is 0.238. The number of nitrogens with one attached hydrogen (secondary N) is 1.